The van der Waals surface area contributed by atoms with Gasteiger partial charge in [0.1, 0.15) is 5.69 Å². The Hall–Kier alpha value is -1.91. The van der Waals surface area contributed by atoms with E-state index in [-0.39, 0.29) is 11.6 Å². The van der Waals surface area contributed by atoms with E-state index < -0.39 is 5.97 Å². The lowest BCUT2D eigenvalue weighted by atomic mass is 10.1. The number of pyridine rings is 1. The molecule has 98 valence electrons. The van der Waals surface area contributed by atoms with Gasteiger partial charge in [-0.05, 0) is 24.5 Å². The first kappa shape index (κ1) is 14.2. The fourth-order valence-electron chi connectivity index (χ4n) is 1.49. The number of hydrogen-bond donors (Lipinski definition) is 2. The van der Waals surface area contributed by atoms with Gasteiger partial charge in [-0.25, -0.2) is 9.78 Å². The van der Waals surface area contributed by atoms with Gasteiger partial charge >= 0.3 is 5.97 Å². The smallest absolute Gasteiger partial charge is 0.354 e. The first-order valence-corrected chi connectivity index (χ1v) is 5.98. The van der Waals surface area contributed by atoms with Gasteiger partial charge < -0.3 is 10.4 Å². The molecule has 5 nitrogen and oxygen atoms in total. The van der Waals surface area contributed by atoms with Crippen molar-refractivity contribution in [3.05, 3.63) is 24.0 Å². The van der Waals surface area contributed by atoms with Crippen LogP contribution in [0.5, 0.6) is 0 Å². The molecule has 1 rings (SSSR count). The maximum Gasteiger partial charge on any atom is 0.354 e. The van der Waals surface area contributed by atoms with E-state index in [1.165, 1.54) is 18.3 Å². The van der Waals surface area contributed by atoms with Crippen molar-refractivity contribution in [2.75, 3.05) is 5.32 Å². The number of carboxylic acids is 1. The largest absolute Gasteiger partial charge is 0.477 e. The second-order valence-electron chi connectivity index (χ2n) is 4.57. The molecule has 0 bridgehead atoms. The number of carbonyl (C=O) groups excluding carboxylic acids is 1. The second-order valence-corrected chi connectivity index (χ2v) is 4.57. The molecule has 0 spiro atoms. The van der Waals surface area contributed by atoms with Crippen molar-refractivity contribution in [3.63, 3.8) is 0 Å². The Bertz CT molecular complexity index is 413. The van der Waals surface area contributed by atoms with Crippen LogP contribution in [0.4, 0.5) is 5.69 Å². The van der Waals surface area contributed by atoms with Crippen molar-refractivity contribution >= 4 is 17.6 Å². The summed E-state index contributed by atoms with van der Waals surface area (Å²) in [6.45, 7) is 4.24. The van der Waals surface area contributed by atoms with E-state index in [0.29, 0.717) is 18.0 Å². The van der Waals surface area contributed by atoms with Crippen LogP contribution < -0.4 is 5.32 Å². The summed E-state index contributed by atoms with van der Waals surface area (Å²) in [4.78, 5) is 25.9. The lowest BCUT2D eigenvalue weighted by Gasteiger charge is -2.06. The first-order chi connectivity index (χ1) is 8.49. The van der Waals surface area contributed by atoms with Gasteiger partial charge in [-0.1, -0.05) is 20.3 Å². The maximum absolute atomic E-state index is 11.6. The van der Waals surface area contributed by atoms with Crippen LogP contribution >= 0.6 is 0 Å². The molecule has 1 heterocycles. The molecule has 0 unspecified atom stereocenters. The van der Waals surface area contributed by atoms with E-state index in [1.807, 2.05) is 0 Å². The number of nitrogens with zero attached hydrogens (tertiary/aromatic N) is 1. The molecule has 0 saturated heterocycles. The van der Waals surface area contributed by atoms with Crippen LogP contribution in [0.1, 0.15) is 43.6 Å². The number of aromatic carboxylic acids is 1. The van der Waals surface area contributed by atoms with Crippen LogP contribution in [0.25, 0.3) is 0 Å². The van der Waals surface area contributed by atoms with Gasteiger partial charge in [-0.15, -0.1) is 0 Å². The van der Waals surface area contributed by atoms with Crippen LogP contribution in [0.3, 0.4) is 0 Å². The third-order valence-electron chi connectivity index (χ3n) is 2.45. The van der Waals surface area contributed by atoms with Gasteiger partial charge in [0, 0.05) is 6.42 Å². The monoisotopic (exact) mass is 250 g/mol. The summed E-state index contributed by atoms with van der Waals surface area (Å²) in [5, 5.41) is 11.4. The van der Waals surface area contributed by atoms with Gasteiger partial charge in [-0.3, -0.25) is 4.79 Å². The average Bonchev–Trinajstić information content (AvgIpc) is 2.29. The highest BCUT2D eigenvalue weighted by atomic mass is 16.4. The van der Waals surface area contributed by atoms with Crippen molar-refractivity contribution in [2.45, 2.75) is 33.1 Å². The predicted molar refractivity (Wildman–Crippen MR) is 68.5 cm³/mol. The number of anilines is 1. The third-order valence-corrected chi connectivity index (χ3v) is 2.45. The molecule has 0 fully saturated rings. The molecule has 0 aliphatic heterocycles. The summed E-state index contributed by atoms with van der Waals surface area (Å²) in [5.74, 6) is -0.556. The number of hydrogen-bond acceptors (Lipinski definition) is 3. The van der Waals surface area contributed by atoms with E-state index in [0.717, 1.165) is 12.8 Å². The zero-order valence-electron chi connectivity index (χ0n) is 10.6. The Labute approximate surface area is 106 Å². The Kier molecular flexibility index (Phi) is 5.30. The molecule has 0 aliphatic rings. The molecule has 0 atom stereocenters. The van der Waals surface area contributed by atoms with Gasteiger partial charge in [0.15, 0.2) is 0 Å². The molecule has 0 aromatic carbocycles. The fraction of sp³-hybridized carbons (Fsp3) is 0.462. The molecule has 5 heteroatoms. The van der Waals surface area contributed by atoms with E-state index in [1.54, 1.807) is 0 Å². The summed E-state index contributed by atoms with van der Waals surface area (Å²) >= 11 is 0. The summed E-state index contributed by atoms with van der Waals surface area (Å²) < 4.78 is 0. The zero-order valence-corrected chi connectivity index (χ0v) is 10.6. The van der Waals surface area contributed by atoms with Crippen molar-refractivity contribution in [3.8, 4) is 0 Å². The second kappa shape index (κ2) is 6.74. The normalized spacial score (nSPS) is 10.4. The van der Waals surface area contributed by atoms with Gasteiger partial charge in [0.05, 0.1) is 11.9 Å². The third kappa shape index (κ3) is 4.95. The fourth-order valence-corrected chi connectivity index (χ4v) is 1.49. The van der Waals surface area contributed by atoms with Crippen LogP contribution in [0.15, 0.2) is 18.3 Å². The van der Waals surface area contributed by atoms with E-state index >= 15 is 0 Å². The number of carbonyl (C=O) groups is 2. The molecule has 0 saturated carbocycles. The predicted octanol–water partition coefficient (Wildman–Crippen LogP) is 2.54. The van der Waals surface area contributed by atoms with E-state index in [9.17, 15) is 9.59 Å². The van der Waals surface area contributed by atoms with Crippen molar-refractivity contribution < 1.29 is 14.7 Å². The van der Waals surface area contributed by atoms with E-state index in [2.05, 4.69) is 24.1 Å². The number of amides is 1. The highest BCUT2D eigenvalue weighted by Gasteiger charge is 2.06. The maximum atomic E-state index is 11.6. The Balaban J connectivity index is 2.42. The average molecular weight is 250 g/mol. The minimum absolute atomic E-state index is 0.0344. The number of nitrogens with one attached hydrogen (secondary N) is 1. The molecule has 1 aromatic rings. The highest BCUT2D eigenvalue weighted by molar-refractivity contribution is 5.91. The summed E-state index contributed by atoms with van der Waals surface area (Å²) in [7, 11) is 0. The SMILES string of the molecule is CC(C)CCCC(=O)Nc1ccc(C(=O)O)nc1. The standard InChI is InChI=1S/C13H18N2O3/c1-9(2)4-3-5-12(16)15-10-6-7-11(13(17)18)14-8-10/h6-9H,3-5H2,1-2H3,(H,15,16)(H,17,18). The minimum atomic E-state index is -1.08. The quantitative estimate of drug-likeness (QED) is 0.813. The summed E-state index contributed by atoms with van der Waals surface area (Å²) in [6.07, 6.45) is 3.69. The van der Waals surface area contributed by atoms with Gasteiger partial charge in [-0.2, -0.15) is 0 Å². The molecule has 0 aliphatic carbocycles. The first-order valence-electron chi connectivity index (χ1n) is 5.98. The summed E-state index contributed by atoms with van der Waals surface area (Å²) in [6, 6.07) is 2.91. The number of carboxylic acid groups (broad SMARTS) is 1. The lowest BCUT2D eigenvalue weighted by molar-refractivity contribution is -0.116. The van der Waals surface area contributed by atoms with Crippen LogP contribution in [0, 0.1) is 5.92 Å². The highest BCUT2D eigenvalue weighted by Crippen LogP contribution is 2.10. The molecule has 1 aromatic heterocycles. The Morgan fingerprint density at radius 2 is 2.11 bits per heavy atom. The van der Waals surface area contributed by atoms with Crippen LogP contribution in [-0.4, -0.2) is 22.0 Å². The zero-order chi connectivity index (χ0) is 13.5. The van der Waals surface area contributed by atoms with Crippen molar-refractivity contribution in [1.82, 2.24) is 4.98 Å². The summed E-state index contributed by atoms with van der Waals surface area (Å²) in [5.41, 5.74) is 0.488. The van der Waals surface area contributed by atoms with Crippen molar-refractivity contribution in [1.29, 1.82) is 0 Å². The van der Waals surface area contributed by atoms with Gasteiger partial charge in [0.2, 0.25) is 5.91 Å². The molecular formula is C13H18N2O3. The molecule has 1 amide bonds. The van der Waals surface area contributed by atoms with Crippen molar-refractivity contribution in [2.24, 2.45) is 5.92 Å². The van der Waals surface area contributed by atoms with Gasteiger partial charge in [0.25, 0.3) is 0 Å². The Morgan fingerprint density at radius 3 is 2.61 bits per heavy atom. The minimum Gasteiger partial charge on any atom is -0.477 e. The lowest BCUT2D eigenvalue weighted by Crippen LogP contribution is -2.12. The topological polar surface area (TPSA) is 79.3 Å². The molecule has 2 N–H and O–H groups in total. The number of aromatic nitrogens is 1. The van der Waals surface area contributed by atoms with E-state index in [4.69, 9.17) is 5.11 Å². The molecular weight excluding hydrogens is 232 g/mol. The Morgan fingerprint density at radius 1 is 1.39 bits per heavy atom. The number of rotatable bonds is 6. The van der Waals surface area contributed by atoms with Crippen LogP contribution in [-0.2, 0) is 4.79 Å². The van der Waals surface area contributed by atoms with Crippen LogP contribution in [0.2, 0.25) is 0 Å². The molecule has 18 heavy (non-hydrogen) atoms. The molecule has 0 radical (unpaired) electrons.